The monoisotopic (exact) mass is 493 g/mol. The highest BCUT2D eigenvalue weighted by molar-refractivity contribution is 6.33. The van der Waals surface area contributed by atoms with E-state index < -0.39 is 40.7 Å². The van der Waals surface area contributed by atoms with E-state index in [1.165, 1.54) is 30.6 Å². The van der Waals surface area contributed by atoms with E-state index in [9.17, 15) is 27.8 Å². The summed E-state index contributed by atoms with van der Waals surface area (Å²) in [6, 6.07) is 5.25. The Labute approximate surface area is 195 Å². The molecule has 0 aliphatic carbocycles. The van der Waals surface area contributed by atoms with Gasteiger partial charge in [0.2, 0.25) is 0 Å². The third kappa shape index (κ3) is 3.95. The van der Waals surface area contributed by atoms with Crippen LogP contribution in [0.3, 0.4) is 0 Å². The lowest BCUT2D eigenvalue weighted by Gasteiger charge is -2.30. The minimum Gasteiger partial charge on any atom is -0.389 e. The van der Waals surface area contributed by atoms with E-state index in [-0.39, 0.29) is 32.3 Å². The predicted octanol–water partition coefficient (Wildman–Crippen LogP) is 3.63. The third-order valence-electron chi connectivity index (χ3n) is 4.92. The Bertz CT molecular complexity index is 1320. The Morgan fingerprint density at radius 2 is 1.82 bits per heavy atom. The number of nitrogens with zero attached hydrogens (tertiary/aromatic N) is 5. The molecule has 0 aliphatic heterocycles. The Kier molecular flexibility index (Phi) is 5.96. The van der Waals surface area contributed by atoms with Gasteiger partial charge in [-0.2, -0.15) is 18.3 Å². The fourth-order valence-corrected chi connectivity index (χ4v) is 3.49. The van der Waals surface area contributed by atoms with Crippen LogP contribution in [0.15, 0.2) is 47.4 Å². The van der Waals surface area contributed by atoms with Gasteiger partial charge in [-0.25, -0.2) is 19.0 Å². The van der Waals surface area contributed by atoms with Crippen LogP contribution in [-0.4, -0.2) is 49.1 Å². The van der Waals surface area contributed by atoms with Gasteiger partial charge in [-0.1, -0.05) is 22.8 Å². The van der Waals surface area contributed by atoms with Gasteiger partial charge in [0, 0.05) is 12.4 Å². The Hall–Kier alpha value is -3.29. The van der Waals surface area contributed by atoms with Crippen LogP contribution in [0.1, 0.15) is 12.6 Å². The molecule has 0 saturated carbocycles. The van der Waals surface area contributed by atoms with Crippen LogP contribution in [0.25, 0.3) is 34.0 Å². The smallest absolute Gasteiger partial charge is 0.389 e. The van der Waals surface area contributed by atoms with E-state index in [0.717, 1.165) is 13.0 Å². The van der Waals surface area contributed by atoms with Crippen LogP contribution in [0.5, 0.6) is 0 Å². The summed E-state index contributed by atoms with van der Waals surface area (Å²) in [7, 11) is 5.52. The topological polar surface area (TPSA) is 110 Å². The molecule has 4 aromatic rings. The van der Waals surface area contributed by atoms with Crippen LogP contribution in [0.2, 0.25) is 5.02 Å². The molecule has 2 unspecified atom stereocenters. The highest BCUT2D eigenvalue weighted by Gasteiger charge is 2.45. The number of benzene rings is 1. The molecule has 0 fully saturated rings. The Morgan fingerprint density at radius 3 is 2.41 bits per heavy atom. The molecule has 0 amide bonds. The highest BCUT2D eigenvalue weighted by Crippen LogP contribution is 2.46. The highest BCUT2D eigenvalue weighted by atomic mass is 35.5. The number of alkyl halides is 3. The lowest BCUT2D eigenvalue weighted by atomic mass is 9.86. The average Bonchev–Trinajstić information content (AvgIpc) is 3.39. The lowest BCUT2D eigenvalue weighted by molar-refractivity contribution is -0.155. The molecular formula is C20H13BClF4N5O3. The van der Waals surface area contributed by atoms with Gasteiger partial charge < -0.3 is 14.7 Å². The normalized spacial score (nSPS) is 14.7. The standard InChI is InChI=1S/C20H13BClF4N5O3/c1-9(32)19(21,33)31-17(20(24,25)26)10(8-29-31)16-14(18-27-6-3-7-28-18)15(30-34-16)13-11(22)4-2-5-12(13)23/h2-9,32-33H,1H3. The Balaban J connectivity index is 2.07. The van der Waals surface area contributed by atoms with Crippen molar-refractivity contribution in [3.8, 4) is 34.0 Å². The first kappa shape index (κ1) is 23.9. The number of hydrogen-bond acceptors (Lipinski definition) is 7. The van der Waals surface area contributed by atoms with Crippen molar-refractivity contribution in [2.75, 3.05) is 0 Å². The number of hydrogen-bond donors (Lipinski definition) is 2. The van der Waals surface area contributed by atoms with Crippen LogP contribution in [0.4, 0.5) is 17.6 Å². The summed E-state index contributed by atoms with van der Waals surface area (Å²) in [5.74, 6) is -1.50. The fourth-order valence-electron chi connectivity index (χ4n) is 3.24. The van der Waals surface area contributed by atoms with Crippen LogP contribution in [-0.2, 0) is 11.8 Å². The molecule has 0 saturated heterocycles. The first-order valence-electron chi connectivity index (χ1n) is 9.51. The second-order valence-corrected chi connectivity index (χ2v) is 7.59. The van der Waals surface area contributed by atoms with Gasteiger partial charge in [-0.15, -0.1) is 0 Å². The summed E-state index contributed by atoms with van der Waals surface area (Å²) in [5.41, 5.74) is -5.92. The largest absolute Gasteiger partial charge is 0.433 e. The lowest BCUT2D eigenvalue weighted by Crippen LogP contribution is -2.46. The number of aromatic nitrogens is 5. The zero-order valence-corrected chi connectivity index (χ0v) is 17.9. The summed E-state index contributed by atoms with van der Waals surface area (Å²) in [6.45, 7) is 0.984. The van der Waals surface area contributed by atoms with Crippen LogP contribution < -0.4 is 0 Å². The zero-order valence-electron chi connectivity index (χ0n) is 17.1. The first-order chi connectivity index (χ1) is 15.9. The summed E-state index contributed by atoms with van der Waals surface area (Å²) in [5, 5.41) is 27.2. The van der Waals surface area contributed by atoms with Gasteiger partial charge in [0.25, 0.3) is 0 Å². The van der Waals surface area contributed by atoms with Gasteiger partial charge in [-0.3, -0.25) is 0 Å². The van der Waals surface area contributed by atoms with Crippen molar-refractivity contribution in [1.29, 1.82) is 0 Å². The van der Waals surface area contributed by atoms with Crippen molar-refractivity contribution in [2.45, 2.75) is 24.8 Å². The molecule has 1 aromatic carbocycles. The summed E-state index contributed by atoms with van der Waals surface area (Å²) < 4.78 is 62.3. The quantitative estimate of drug-likeness (QED) is 0.323. The fraction of sp³-hybridized carbons (Fsp3) is 0.200. The van der Waals surface area contributed by atoms with Crippen molar-refractivity contribution in [3.05, 3.63) is 59.4 Å². The van der Waals surface area contributed by atoms with Gasteiger partial charge >= 0.3 is 6.18 Å². The zero-order chi connectivity index (χ0) is 24.8. The van der Waals surface area contributed by atoms with E-state index in [2.05, 4.69) is 20.2 Å². The molecule has 8 nitrogen and oxygen atoms in total. The van der Waals surface area contributed by atoms with E-state index in [4.69, 9.17) is 24.0 Å². The molecule has 2 N–H and O–H groups in total. The molecule has 14 heteroatoms. The van der Waals surface area contributed by atoms with Crippen molar-refractivity contribution in [3.63, 3.8) is 0 Å². The maximum Gasteiger partial charge on any atom is 0.433 e. The van der Waals surface area contributed by atoms with Gasteiger partial charge in [-0.05, 0) is 25.1 Å². The minimum atomic E-state index is -5.13. The molecule has 2 atom stereocenters. The molecule has 3 aromatic heterocycles. The maximum atomic E-state index is 14.7. The Morgan fingerprint density at radius 1 is 1.15 bits per heavy atom. The second kappa shape index (κ2) is 8.49. The number of aliphatic hydroxyl groups excluding tert-OH is 1. The van der Waals surface area contributed by atoms with Crippen LogP contribution in [0, 0.1) is 5.82 Å². The van der Waals surface area contributed by atoms with Crippen molar-refractivity contribution >= 4 is 19.4 Å². The molecule has 0 aliphatic rings. The molecule has 34 heavy (non-hydrogen) atoms. The third-order valence-corrected chi connectivity index (χ3v) is 5.23. The van der Waals surface area contributed by atoms with E-state index in [1.54, 1.807) is 0 Å². The predicted molar refractivity (Wildman–Crippen MR) is 112 cm³/mol. The minimum absolute atomic E-state index is 0.0148. The van der Waals surface area contributed by atoms with Gasteiger partial charge in [0.05, 0.1) is 34.0 Å². The van der Waals surface area contributed by atoms with E-state index >= 15 is 0 Å². The first-order valence-corrected chi connectivity index (χ1v) is 9.89. The second-order valence-electron chi connectivity index (χ2n) is 7.18. The molecule has 2 radical (unpaired) electrons. The van der Waals surface area contributed by atoms with Crippen LogP contribution >= 0.6 is 11.6 Å². The molecule has 4 rings (SSSR count). The van der Waals surface area contributed by atoms with E-state index in [1.807, 2.05) is 0 Å². The number of halogens is 5. The number of aliphatic hydroxyl groups is 2. The average molecular weight is 494 g/mol. The number of rotatable bonds is 5. The van der Waals surface area contributed by atoms with E-state index in [0.29, 0.717) is 6.20 Å². The molecular weight excluding hydrogens is 481 g/mol. The molecule has 0 bridgehead atoms. The van der Waals surface area contributed by atoms with Crippen molar-refractivity contribution < 1.29 is 32.3 Å². The summed E-state index contributed by atoms with van der Waals surface area (Å²) >= 11 is 6.15. The van der Waals surface area contributed by atoms with Crippen molar-refractivity contribution in [1.82, 2.24) is 24.9 Å². The molecule has 174 valence electrons. The molecule has 3 heterocycles. The SMILES string of the molecule is [B]C(O)(C(C)O)n1ncc(-c2onc(-c3c(F)cccc3Cl)c2-c2ncccn2)c1C(F)(F)F. The summed E-state index contributed by atoms with van der Waals surface area (Å²) in [6.07, 6.45) is -3.65. The van der Waals surface area contributed by atoms with Gasteiger partial charge in [0.15, 0.2) is 25.1 Å². The summed E-state index contributed by atoms with van der Waals surface area (Å²) in [4.78, 5) is 8.06. The maximum absolute atomic E-state index is 14.7. The molecule has 0 spiro atoms. The van der Waals surface area contributed by atoms with Gasteiger partial charge in [0.1, 0.15) is 17.1 Å². The van der Waals surface area contributed by atoms with Crippen molar-refractivity contribution in [2.24, 2.45) is 0 Å².